The zero-order chi connectivity index (χ0) is 13.8. The minimum Gasteiger partial charge on any atom is -0.328 e. The lowest BCUT2D eigenvalue weighted by Gasteiger charge is -2.10. The Labute approximate surface area is 113 Å². The number of carbonyl (C=O) groups is 1. The molecule has 0 aliphatic heterocycles. The standard InChI is InChI=1S/C13H21N5O/c1-3-10-11(4-2)17-18-13(15-10)16-12(19)8-5-6-9(14)7-8/h8-9H,3-7,14H2,1-2H3,(H,15,16,18,19). The summed E-state index contributed by atoms with van der Waals surface area (Å²) in [5.74, 6) is 0.245. The predicted octanol–water partition coefficient (Wildman–Crippen LogP) is 1.06. The van der Waals surface area contributed by atoms with Crippen molar-refractivity contribution >= 4 is 11.9 Å². The summed E-state index contributed by atoms with van der Waals surface area (Å²) in [4.78, 5) is 16.4. The summed E-state index contributed by atoms with van der Waals surface area (Å²) >= 11 is 0. The van der Waals surface area contributed by atoms with E-state index in [9.17, 15) is 4.79 Å². The van der Waals surface area contributed by atoms with E-state index in [0.717, 1.165) is 43.5 Å². The topological polar surface area (TPSA) is 93.8 Å². The number of hydrogen-bond acceptors (Lipinski definition) is 5. The van der Waals surface area contributed by atoms with Gasteiger partial charge in [0, 0.05) is 12.0 Å². The summed E-state index contributed by atoms with van der Waals surface area (Å²) in [7, 11) is 0. The van der Waals surface area contributed by atoms with Crippen molar-refractivity contribution in [3.05, 3.63) is 11.4 Å². The van der Waals surface area contributed by atoms with Crippen molar-refractivity contribution in [1.82, 2.24) is 15.2 Å². The zero-order valence-electron chi connectivity index (χ0n) is 11.5. The van der Waals surface area contributed by atoms with Gasteiger partial charge in [0.05, 0.1) is 11.4 Å². The van der Waals surface area contributed by atoms with Gasteiger partial charge in [0.1, 0.15) is 0 Å². The van der Waals surface area contributed by atoms with Crippen LogP contribution < -0.4 is 11.1 Å². The van der Waals surface area contributed by atoms with Crippen LogP contribution in [0.5, 0.6) is 0 Å². The number of nitrogens with two attached hydrogens (primary N) is 1. The van der Waals surface area contributed by atoms with Crippen LogP contribution in [0.1, 0.15) is 44.5 Å². The van der Waals surface area contributed by atoms with E-state index in [1.807, 2.05) is 13.8 Å². The van der Waals surface area contributed by atoms with E-state index in [2.05, 4.69) is 20.5 Å². The number of anilines is 1. The Bertz CT molecular complexity index is 462. The molecule has 0 spiro atoms. The largest absolute Gasteiger partial charge is 0.328 e. The maximum absolute atomic E-state index is 12.0. The van der Waals surface area contributed by atoms with E-state index in [4.69, 9.17) is 5.73 Å². The molecule has 3 N–H and O–H groups in total. The van der Waals surface area contributed by atoms with Crippen LogP contribution in [0.2, 0.25) is 0 Å². The van der Waals surface area contributed by atoms with E-state index in [1.165, 1.54) is 0 Å². The van der Waals surface area contributed by atoms with E-state index < -0.39 is 0 Å². The maximum atomic E-state index is 12.0. The highest BCUT2D eigenvalue weighted by Crippen LogP contribution is 2.25. The summed E-state index contributed by atoms with van der Waals surface area (Å²) in [6.07, 6.45) is 4.08. The Morgan fingerprint density at radius 3 is 2.58 bits per heavy atom. The Morgan fingerprint density at radius 2 is 2.00 bits per heavy atom. The number of carbonyl (C=O) groups excluding carboxylic acids is 1. The van der Waals surface area contributed by atoms with Gasteiger partial charge in [-0.15, -0.1) is 10.2 Å². The fourth-order valence-corrected chi connectivity index (χ4v) is 2.46. The normalized spacial score (nSPS) is 22.5. The fraction of sp³-hybridized carbons (Fsp3) is 0.692. The predicted molar refractivity (Wildman–Crippen MR) is 72.5 cm³/mol. The maximum Gasteiger partial charge on any atom is 0.249 e. The van der Waals surface area contributed by atoms with Crippen LogP contribution in [0.3, 0.4) is 0 Å². The molecule has 6 heteroatoms. The summed E-state index contributed by atoms with van der Waals surface area (Å²) in [5, 5.41) is 10.8. The number of hydrogen-bond donors (Lipinski definition) is 2. The van der Waals surface area contributed by atoms with Crippen molar-refractivity contribution in [2.24, 2.45) is 11.7 Å². The molecular formula is C13H21N5O. The Kier molecular flexibility index (Phi) is 4.42. The molecule has 0 aromatic carbocycles. The number of aryl methyl sites for hydroxylation is 2. The van der Waals surface area contributed by atoms with Gasteiger partial charge in [0.25, 0.3) is 0 Å². The van der Waals surface area contributed by atoms with Crippen LogP contribution in [0.4, 0.5) is 5.95 Å². The van der Waals surface area contributed by atoms with Gasteiger partial charge < -0.3 is 5.73 Å². The van der Waals surface area contributed by atoms with Gasteiger partial charge >= 0.3 is 0 Å². The highest BCUT2D eigenvalue weighted by Gasteiger charge is 2.28. The van der Waals surface area contributed by atoms with Crippen LogP contribution in [-0.2, 0) is 17.6 Å². The third-order valence-corrected chi connectivity index (χ3v) is 3.59. The molecule has 6 nitrogen and oxygen atoms in total. The number of nitrogens with one attached hydrogen (secondary N) is 1. The van der Waals surface area contributed by atoms with Crippen molar-refractivity contribution in [1.29, 1.82) is 0 Å². The molecule has 1 saturated carbocycles. The fourth-order valence-electron chi connectivity index (χ4n) is 2.46. The van der Waals surface area contributed by atoms with Crippen LogP contribution in [0, 0.1) is 5.92 Å². The quantitative estimate of drug-likeness (QED) is 0.847. The number of rotatable bonds is 4. The lowest BCUT2D eigenvalue weighted by molar-refractivity contribution is -0.119. The first kappa shape index (κ1) is 13.9. The Hall–Kier alpha value is -1.56. The zero-order valence-corrected chi connectivity index (χ0v) is 11.5. The second-order valence-electron chi connectivity index (χ2n) is 5.00. The third kappa shape index (κ3) is 3.26. The van der Waals surface area contributed by atoms with Gasteiger partial charge in [0.15, 0.2) is 0 Å². The van der Waals surface area contributed by atoms with Gasteiger partial charge in [-0.05, 0) is 32.1 Å². The lowest BCUT2D eigenvalue weighted by Crippen LogP contribution is -2.24. The van der Waals surface area contributed by atoms with Gasteiger partial charge in [0.2, 0.25) is 11.9 Å². The number of nitrogens with zero attached hydrogens (tertiary/aromatic N) is 3. The second-order valence-corrected chi connectivity index (χ2v) is 5.00. The average molecular weight is 263 g/mol. The summed E-state index contributed by atoms with van der Waals surface area (Å²) < 4.78 is 0. The molecule has 2 rings (SSSR count). The molecule has 0 bridgehead atoms. The molecule has 0 saturated heterocycles. The number of amides is 1. The Morgan fingerprint density at radius 1 is 1.26 bits per heavy atom. The van der Waals surface area contributed by atoms with E-state index in [1.54, 1.807) is 0 Å². The molecule has 1 aliphatic carbocycles. The van der Waals surface area contributed by atoms with Crippen molar-refractivity contribution in [3.63, 3.8) is 0 Å². The molecule has 1 heterocycles. The van der Waals surface area contributed by atoms with Gasteiger partial charge in [-0.25, -0.2) is 4.98 Å². The molecule has 104 valence electrons. The average Bonchev–Trinajstić information content (AvgIpc) is 2.85. The summed E-state index contributed by atoms with van der Waals surface area (Å²) in [5.41, 5.74) is 7.61. The lowest BCUT2D eigenvalue weighted by atomic mass is 10.1. The molecule has 1 aliphatic rings. The molecule has 0 radical (unpaired) electrons. The first-order valence-electron chi connectivity index (χ1n) is 6.92. The van der Waals surface area contributed by atoms with E-state index in [0.29, 0.717) is 5.95 Å². The highest BCUT2D eigenvalue weighted by atomic mass is 16.2. The van der Waals surface area contributed by atoms with E-state index in [-0.39, 0.29) is 17.9 Å². The molecule has 19 heavy (non-hydrogen) atoms. The van der Waals surface area contributed by atoms with Crippen LogP contribution >= 0.6 is 0 Å². The first-order valence-corrected chi connectivity index (χ1v) is 6.92. The smallest absolute Gasteiger partial charge is 0.249 e. The van der Waals surface area contributed by atoms with Crippen molar-refractivity contribution in [2.45, 2.75) is 52.0 Å². The van der Waals surface area contributed by atoms with Gasteiger partial charge in [-0.1, -0.05) is 13.8 Å². The first-order chi connectivity index (χ1) is 9.13. The summed E-state index contributed by atoms with van der Waals surface area (Å²) in [6.45, 7) is 4.04. The minimum absolute atomic E-state index is 0.0190. The van der Waals surface area contributed by atoms with Crippen LogP contribution in [0.15, 0.2) is 0 Å². The molecular weight excluding hydrogens is 242 g/mol. The van der Waals surface area contributed by atoms with Crippen molar-refractivity contribution in [3.8, 4) is 0 Å². The monoisotopic (exact) mass is 263 g/mol. The highest BCUT2D eigenvalue weighted by molar-refractivity contribution is 5.91. The molecule has 1 aromatic heterocycles. The molecule has 1 fully saturated rings. The molecule has 2 unspecified atom stereocenters. The minimum atomic E-state index is -0.0407. The molecule has 1 amide bonds. The second kappa shape index (κ2) is 6.06. The Balaban J connectivity index is 2.04. The van der Waals surface area contributed by atoms with Gasteiger partial charge in [-0.2, -0.15) is 0 Å². The molecule has 2 atom stereocenters. The van der Waals surface area contributed by atoms with Crippen molar-refractivity contribution in [2.75, 3.05) is 5.32 Å². The number of aromatic nitrogens is 3. The van der Waals surface area contributed by atoms with Crippen molar-refractivity contribution < 1.29 is 4.79 Å². The van der Waals surface area contributed by atoms with Crippen LogP contribution in [-0.4, -0.2) is 27.1 Å². The molecule has 1 aromatic rings. The van der Waals surface area contributed by atoms with Gasteiger partial charge in [-0.3, -0.25) is 10.1 Å². The van der Waals surface area contributed by atoms with Crippen LogP contribution in [0.25, 0.3) is 0 Å². The van der Waals surface area contributed by atoms with E-state index >= 15 is 0 Å². The summed E-state index contributed by atoms with van der Waals surface area (Å²) in [6, 6.07) is 0.142. The SMILES string of the molecule is CCc1nnc(NC(=O)C2CCC(N)C2)nc1CC. The third-order valence-electron chi connectivity index (χ3n) is 3.59.